The summed E-state index contributed by atoms with van der Waals surface area (Å²) < 4.78 is 11.5. The summed E-state index contributed by atoms with van der Waals surface area (Å²) in [6.45, 7) is 2.19. The minimum atomic E-state index is -0.546. The third-order valence-electron chi connectivity index (χ3n) is 4.68. The lowest BCUT2D eigenvalue weighted by atomic mass is 9.85. The number of esters is 1. The van der Waals surface area contributed by atoms with Crippen molar-refractivity contribution in [1.82, 2.24) is 0 Å². The fourth-order valence-corrected chi connectivity index (χ4v) is 3.70. The van der Waals surface area contributed by atoms with Crippen molar-refractivity contribution >= 4 is 28.3 Å². The molecule has 3 nitrogen and oxygen atoms in total. The largest absolute Gasteiger partial charge is 0.478 e. The van der Waals surface area contributed by atoms with Crippen molar-refractivity contribution in [3.63, 3.8) is 0 Å². The van der Waals surface area contributed by atoms with E-state index in [1.165, 1.54) is 6.42 Å². The number of ether oxygens (including phenoxy) is 2. The number of rotatable bonds is 5. The van der Waals surface area contributed by atoms with Crippen molar-refractivity contribution in [2.24, 2.45) is 5.92 Å². The first kappa shape index (κ1) is 17.1. The fourth-order valence-electron chi connectivity index (χ4n) is 3.47. The Morgan fingerprint density at radius 1 is 1.12 bits per heavy atom. The zero-order valence-electron chi connectivity index (χ0n) is 14.0. The summed E-state index contributed by atoms with van der Waals surface area (Å²) in [5.74, 6) is 0.647. The van der Waals surface area contributed by atoms with E-state index in [9.17, 15) is 4.79 Å². The van der Waals surface area contributed by atoms with Gasteiger partial charge < -0.3 is 9.47 Å². The van der Waals surface area contributed by atoms with E-state index in [2.05, 4.69) is 0 Å². The Balaban J connectivity index is 1.92. The van der Waals surface area contributed by atoms with Crippen molar-refractivity contribution in [1.29, 1.82) is 0 Å². The summed E-state index contributed by atoms with van der Waals surface area (Å²) in [6, 6.07) is 11.5. The molecule has 0 aromatic heterocycles. The van der Waals surface area contributed by atoms with Gasteiger partial charge in [0.2, 0.25) is 0 Å². The summed E-state index contributed by atoms with van der Waals surface area (Å²) >= 11 is 6.28. The van der Waals surface area contributed by atoms with Gasteiger partial charge in [-0.1, -0.05) is 55.1 Å². The average Bonchev–Trinajstić information content (AvgIpc) is 2.62. The molecule has 0 amide bonds. The molecule has 0 aliphatic heterocycles. The molecule has 2 aromatic carbocycles. The smallest absolute Gasteiger partial charge is 0.347 e. The van der Waals surface area contributed by atoms with E-state index in [-0.39, 0.29) is 11.9 Å². The van der Waals surface area contributed by atoms with E-state index in [4.69, 9.17) is 21.1 Å². The van der Waals surface area contributed by atoms with Crippen LogP contribution in [0.1, 0.15) is 39.0 Å². The predicted molar refractivity (Wildman–Crippen MR) is 96.6 cm³/mol. The maximum Gasteiger partial charge on any atom is 0.347 e. The number of hydrogen-bond donors (Lipinski definition) is 0. The van der Waals surface area contributed by atoms with Gasteiger partial charge in [0, 0.05) is 21.7 Å². The Bertz CT molecular complexity index is 707. The van der Waals surface area contributed by atoms with E-state index < -0.39 is 6.10 Å². The van der Waals surface area contributed by atoms with Crippen LogP contribution in [0, 0.1) is 5.92 Å². The third kappa shape index (κ3) is 3.67. The molecule has 0 saturated heterocycles. The van der Waals surface area contributed by atoms with Crippen LogP contribution in [0.4, 0.5) is 0 Å². The highest BCUT2D eigenvalue weighted by atomic mass is 35.5. The standard InChI is InChI=1S/C20H23ClO3/c1-2-23-20(22)19(14-8-4-3-5-9-14)24-18-13-12-17(21)15-10-6-7-11-16(15)18/h6-7,10-14,19H,2-5,8-9H2,1H3. The molecule has 2 aromatic rings. The van der Waals surface area contributed by atoms with Crippen LogP contribution < -0.4 is 4.74 Å². The van der Waals surface area contributed by atoms with Crippen LogP contribution in [-0.2, 0) is 9.53 Å². The lowest BCUT2D eigenvalue weighted by molar-refractivity contribution is -0.154. The molecule has 0 spiro atoms. The Kier molecular flexibility index (Phi) is 5.62. The first-order valence-corrected chi connectivity index (χ1v) is 9.09. The number of benzene rings is 2. The van der Waals surface area contributed by atoms with Gasteiger partial charge in [0.25, 0.3) is 0 Å². The van der Waals surface area contributed by atoms with Gasteiger partial charge in [0.15, 0.2) is 6.10 Å². The second kappa shape index (κ2) is 7.89. The summed E-state index contributed by atoms with van der Waals surface area (Å²) in [6.07, 6.45) is 4.99. The maximum absolute atomic E-state index is 12.5. The Morgan fingerprint density at radius 3 is 2.54 bits per heavy atom. The van der Waals surface area contributed by atoms with Crippen molar-refractivity contribution in [2.75, 3.05) is 6.61 Å². The lowest BCUT2D eigenvalue weighted by Crippen LogP contribution is -2.37. The molecule has 24 heavy (non-hydrogen) atoms. The summed E-state index contributed by atoms with van der Waals surface area (Å²) in [5.41, 5.74) is 0. The van der Waals surface area contributed by atoms with Crippen LogP contribution in [-0.4, -0.2) is 18.7 Å². The third-order valence-corrected chi connectivity index (χ3v) is 5.01. The number of carbonyl (C=O) groups excluding carboxylic acids is 1. The topological polar surface area (TPSA) is 35.5 Å². The first-order chi connectivity index (χ1) is 11.7. The molecule has 1 saturated carbocycles. The molecule has 0 N–H and O–H groups in total. The molecule has 0 radical (unpaired) electrons. The second-order valence-corrected chi connectivity index (χ2v) is 6.69. The summed E-state index contributed by atoms with van der Waals surface area (Å²) in [4.78, 5) is 12.5. The second-order valence-electron chi connectivity index (χ2n) is 6.28. The molecule has 1 atom stereocenters. The number of fused-ring (bicyclic) bond motifs is 1. The van der Waals surface area contributed by atoms with E-state index in [0.717, 1.165) is 36.5 Å². The van der Waals surface area contributed by atoms with Gasteiger partial charge in [-0.25, -0.2) is 4.79 Å². The van der Waals surface area contributed by atoms with Gasteiger partial charge in [0.05, 0.1) is 6.61 Å². The van der Waals surface area contributed by atoms with E-state index in [1.807, 2.05) is 43.3 Å². The van der Waals surface area contributed by atoms with Gasteiger partial charge in [-0.3, -0.25) is 0 Å². The van der Waals surface area contributed by atoms with E-state index in [1.54, 1.807) is 0 Å². The lowest BCUT2D eigenvalue weighted by Gasteiger charge is -2.29. The number of carbonyl (C=O) groups is 1. The molecule has 1 fully saturated rings. The first-order valence-electron chi connectivity index (χ1n) is 8.71. The molecule has 0 heterocycles. The quantitative estimate of drug-likeness (QED) is 0.681. The molecule has 128 valence electrons. The number of hydrogen-bond acceptors (Lipinski definition) is 3. The van der Waals surface area contributed by atoms with Crippen LogP contribution in [0.5, 0.6) is 5.75 Å². The molecule has 3 rings (SSSR count). The van der Waals surface area contributed by atoms with Crippen molar-refractivity contribution < 1.29 is 14.3 Å². The molecule has 0 bridgehead atoms. The van der Waals surface area contributed by atoms with E-state index in [0.29, 0.717) is 17.4 Å². The zero-order valence-corrected chi connectivity index (χ0v) is 14.7. The van der Waals surface area contributed by atoms with E-state index >= 15 is 0 Å². The molecule has 1 aliphatic rings. The van der Waals surface area contributed by atoms with Gasteiger partial charge >= 0.3 is 5.97 Å². The number of halogens is 1. The minimum absolute atomic E-state index is 0.215. The summed E-state index contributed by atoms with van der Waals surface area (Å²) in [7, 11) is 0. The fraction of sp³-hybridized carbons (Fsp3) is 0.450. The van der Waals surface area contributed by atoms with Gasteiger partial charge in [0.1, 0.15) is 5.75 Å². The molecule has 1 unspecified atom stereocenters. The highest BCUT2D eigenvalue weighted by molar-refractivity contribution is 6.35. The molecular weight excluding hydrogens is 324 g/mol. The highest BCUT2D eigenvalue weighted by Crippen LogP contribution is 2.35. The Hall–Kier alpha value is -1.74. The SMILES string of the molecule is CCOC(=O)C(Oc1ccc(Cl)c2ccccc12)C1CCCCC1. The zero-order chi connectivity index (χ0) is 16.9. The average molecular weight is 347 g/mol. The Labute approximate surface area is 147 Å². The monoisotopic (exact) mass is 346 g/mol. The van der Waals surface area contributed by atoms with Crippen LogP contribution in [0.25, 0.3) is 10.8 Å². The van der Waals surface area contributed by atoms with Crippen LogP contribution >= 0.6 is 11.6 Å². The van der Waals surface area contributed by atoms with Crippen molar-refractivity contribution in [3.8, 4) is 5.75 Å². The molecule has 1 aliphatic carbocycles. The van der Waals surface area contributed by atoms with Crippen molar-refractivity contribution in [3.05, 3.63) is 41.4 Å². The summed E-state index contributed by atoms with van der Waals surface area (Å²) in [5, 5.41) is 2.54. The van der Waals surface area contributed by atoms with Crippen LogP contribution in [0.15, 0.2) is 36.4 Å². The maximum atomic E-state index is 12.5. The minimum Gasteiger partial charge on any atom is -0.478 e. The van der Waals surface area contributed by atoms with Gasteiger partial charge in [-0.05, 0) is 31.9 Å². The van der Waals surface area contributed by atoms with Gasteiger partial charge in [-0.15, -0.1) is 0 Å². The van der Waals surface area contributed by atoms with Crippen LogP contribution in [0.3, 0.4) is 0 Å². The molecule has 4 heteroatoms. The van der Waals surface area contributed by atoms with Crippen molar-refractivity contribution in [2.45, 2.75) is 45.1 Å². The Morgan fingerprint density at radius 2 is 1.83 bits per heavy atom. The van der Waals surface area contributed by atoms with Crippen LogP contribution in [0.2, 0.25) is 5.02 Å². The predicted octanol–water partition coefficient (Wildman–Crippen LogP) is 5.38. The normalized spacial score (nSPS) is 16.8. The highest BCUT2D eigenvalue weighted by Gasteiger charge is 2.33. The van der Waals surface area contributed by atoms with Gasteiger partial charge in [-0.2, -0.15) is 0 Å². The molecular formula is C20H23ClO3.